The van der Waals surface area contributed by atoms with Crippen LogP contribution in [0.2, 0.25) is 0 Å². The van der Waals surface area contributed by atoms with Crippen LogP contribution in [-0.4, -0.2) is 17.9 Å². The van der Waals surface area contributed by atoms with Crippen molar-refractivity contribution in [3.63, 3.8) is 0 Å². The van der Waals surface area contributed by atoms with Gasteiger partial charge in [-0.15, -0.1) is 0 Å². The molecule has 0 aromatic rings. The van der Waals surface area contributed by atoms with E-state index < -0.39 is 0 Å². The van der Waals surface area contributed by atoms with Crippen molar-refractivity contribution in [1.29, 1.82) is 0 Å². The molecule has 0 aromatic carbocycles. The standard InChI is InChI=1S/C7H11NO/c1-8-6-4-2-3-5-7(8)9/h4,6H,2-3,5H2,1H3. The third-order valence-electron chi connectivity index (χ3n) is 1.48. The molecule has 0 unspecified atom stereocenters. The van der Waals surface area contributed by atoms with Crippen molar-refractivity contribution in [1.82, 2.24) is 4.90 Å². The average molecular weight is 125 g/mol. The Morgan fingerprint density at radius 3 is 3.22 bits per heavy atom. The first-order valence-electron chi connectivity index (χ1n) is 3.23. The fourth-order valence-electron chi connectivity index (χ4n) is 0.863. The molecule has 9 heavy (non-hydrogen) atoms. The Morgan fingerprint density at radius 2 is 2.44 bits per heavy atom. The molecule has 50 valence electrons. The molecule has 0 fully saturated rings. The first-order valence-corrected chi connectivity index (χ1v) is 3.23. The Balaban J connectivity index is 2.56. The zero-order chi connectivity index (χ0) is 6.69. The number of carbonyl (C=O) groups is 1. The third kappa shape index (κ3) is 1.56. The molecule has 2 nitrogen and oxygen atoms in total. The van der Waals surface area contributed by atoms with Gasteiger partial charge in [-0.2, -0.15) is 0 Å². The summed E-state index contributed by atoms with van der Waals surface area (Å²) in [5.74, 6) is 0.226. The maximum Gasteiger partial charge on any atom is 0.226 e. The average Bonchev–Trinajstić information content (AvgIpc) is 1.99. The van der Waals surface area contributed by atoms with Gasteiger partial charge in [0.15, 0.2) is 0 Å². The largest absolute Gasteiger partial charge is 0.322 e. The first-order chi connectivity index (χ1) is 4.30. The van der Waals surface area contributed by atoms with E-state index in [0.717, 1.165) is 12.8 Å². The van der Waals surface area contributed by atoms with Crippen LogP contribution in [0.4, 0.5) is 0 Å². The van der Waals surface area contributed by atoms with Gasteiger partial charge >= 0.3 is 0 Å². The lowest BCUT2D eigenvalue weighted by molar-refractivity contribution is -0.127. The minimum absolute atomic E-state index is 0.226. The fourth-order valence-corrected chi connectivity index (χ4v) is 0.863. The van der Waals surface area contributed by atoms with Gasteiger partial charge in [-0.25, -0.2) is 0 Å². The number of hydrogen-bond donors (Lipinski definition) is 0. The SMILES string of the molecule is CN1C=CCCCC1=O. The minimum atomic E-state index is 0.226. The van der Waals surface area contributed by atoms with Crippen molar-refractivity contribution in [2.45, 2.75) is 19.3 Å². The monoisotopic (exact) mass is 125 g/mol. The number of carbonyl (C=O) groups excluding carboxylic acids is 1. The van der Waals surface area contributed by atoms with Crippen molar-refractivity contribution in [2.75, 3.05) is 7.05 Å². The van der Waals surface area contributed by atoms with E-state index in [1.165, 1.54) is 0 Å². The van der Waals surface area contributed by atoms with E-state index >= 15 is 0 Å². The Hall–Kier alpha value is -0.790. The summed E-state index contributed by atoms with van der Waals surface area (Å²) in [6.45, 7) is 0. The van der Waals surface area contributed by atoms with Crippen molar-refractivity contribution in [2.24, 2.45) is 0 Å². The predicted octanol–water partition coefficient (Wildman–Crippen LogP) is 1.14. The van der Waals surface area contributed by atoms with E-state index in [4.69, 9.17) is 0 Å². The Kier molecular flexibility index (Phi) is 1.88. The molecule has 0 bridgehead atoms. The maximum atomic E-state index is 10.9. The van der Waals surface area contributed by atoms with E-state index in [1.807, 2.05) is 12.3 Å². The molecule has 1 rings (SSSR count). The van der Waals surface area contributed by atoms with Crippen molar-refractivity contribution in [3.8, 4) is 0 Å². The van der Waals surface area contributed by atoms with Gasteiger partial charge < -0.3 is 4.90 Å². The van der Waals surface area contributed by atoms with Crippen LogP contribution in [0.15, 0.2) is 12.3 Å². The highest BCUT2D eigenvalue weighted by Crippen LogP contribution is 2.05. The second kappa shape index (κ2) is 2.67. The summed E-state index contributed by atoms with van der Waals surface area (Å²) in [4.78, 5) is 12.5. The molecule has 1 aliphatic heterocycles. The molecule has 0 aliphatic carbocycles. The molecule has 1 amide bonds. The summed E-state index contributed by atoms with van der Waals surface area (Å²) >= 11 is 0. The zero-order valence-electron chi connectivity index (χ0n) is 5.63. The van der Waals surface area contributed by atoms with Gasteiger partial charge in [0.25, 0.3) is 0 Å². The smallest absolute Gasteiger partial charge is 0.226 e. The Morgan fingerprint density at radius 1 is 1.67 bits per heavy atom. The van der Waals surface area contributed by atoms with Crippen LogP contribution in [0, 0.1) is 0 Å². The van der Waals surface area contributed by atoms with E-state index in [0.29, 0.717) is 6.42 Å². The normalized spacial score (nSPS) is 20.1. The molecule has 0 atom stereocenters. The molecular weight excluding hydrogens is 114 g/mol. The van der Waals surface area contributed by atoms with Crippen LogP contribution in [0.25, 0.3) is 0 Å². The molecule has 1 aliphatic rings. The van der Waals surface area contributed by atoms with Gasteiger partial charge in [0.1, 0.15) is 0 Å². The summed E-state index contributed by atoms with van der Waals surface area (Å²) in [6.07, 6.45) is 6.61. The number of nitrogens with zero attached hydrogens (tertiary/aromatic N) is 1. The van der Waals surface area contributed by atoms with Gasteiger partial charge in [-0.3, -0.25) is 4.79 Å². The van der Waals surface area contributed by atoms with Crippen LogP contribution in [0.5, 0.6) is 0 Å². The van der Waals surface area contributed by atoms with Crippen LogP contribution in [0.1, 0.15) is 19.3 Å². The van der Waals surface area contributed by atoms with Crippen LogP contribution < -0.4 is 0 Å². The molecule has 0 radical (unpaired) electrons. The van der Waals surface area contributed by atoms with Crippen LogP contribution >= 0.6 is 0 Å². The molecule has 1 heterocycles. The summed E-state index contributed by atoms with van der Waals surface area (Å²) in [7, 11) is 1.80. The molecule has 0 spiro atoms. The van der Waals surface area contributed by atoms with Gasteiger partial charge in [-0.05, 0) is 12.8 Å². The Bertz CT molecular complexity index is 140. The lowest BCUT2D eigenvalue weighted by Crippen LogP contribution is -2.18. The highest BCUT2D eigenvalue weighted by atomic mass is 16.2. The fraction of sp³-hybridized carbons (Fsp3) is 0.571. The van der Waals surface area contributed by atoms with E-state index in [2.05, 4.69) is 0 Å². The summed E-state index contributed by atoms with van der Waals surface area (Å²) in [6, 6.07) is 0. The lowest BCUT2D eigenvalue weighted by Gasteiger charge is -2.07. The van der Waals surface area contributed by atoms with E-state index in [1.54, 1.807) is 11.9 Å². The summed E-state index contributed by atoms with van der Waals surface area (Å²) in [5.41, 5.74) is 0. The number of hydrogen-bond acceptors (Lipinski definition) is 1. The highest BCUT2D eigenvalue weighted by Gasteiger charge is 2.06. The number of amides is 1. The highest BCUT2D eigenvalue weighted by molar-refractivity contribution is 5.77. The molecule has 0 saturated heterocycles. The second-order valence-electron chi connectivity index (χ2n) is 2.28. The topological polar surface area (TPSA) is 20.3 Å². The van der Waals surface area contributed by atoms with E-state index in [9.17, 15) is 4.79 Å². The maximum absolute atomic E-state index is 10.9. The quantitative estimate of drug-likeness (QED) is 0.475. The van der Waals surface area contributed by atoms with Gasteiger partial charge in [0, 0.05) is 19.7 Å². The number of allylic oxidation sites excluding steroid dienone is 1. The van der Waals surface area contributed by atoms with Crippen LogP contribution in [-0.2, 0) is 4.79 Å². The van der Waals surface area contributed by atoms with E-state index in [-0.39, 0.29) is 5.91 Å². The Labute approximate surface area is 55.2 Å². The summed E-state index contributed by atoms with van der Waals surface area (Å²) < 4.78 is 0. The van der Waals surface area contributed by atoms with Crippen LogP contribution in [0.3, 0.4) is 0 Å². The second-order valence-corrected chi connectivity index (χ2v) is 2.28. The molecule has 0 saturated carbocycles. The number of rotatable bonds is 0. The van der Waals surface area contributed by atoms with Crippen molar-refractivity contribution >= 4 is 5.91 Å². The van der Waals surface area contributed by atoms with Crippen molar-refractivity contribution < 1.29 is 4.79 Å². The predicted molar refractivity (Wildman–Crippen MR) is 35.8 cm³/mol. The van der Waals surface area contributed by atoms with Gasteiger partial charge in [0.2, 0.25) is 5.91 Å². The van der Waals surface area contributed by atoms with Crippen molar-refractivity contribution in [3.05, 3.63) is 12.3 Å². The first kappa shape index (κ1) is 6.33. The third-order valence-corrected chi connectivity index (χ3v) is 1.48. The molecule has 0 aromatic heterocycles. The van der Waals surface area contributed by atoms with Gasteiger partial charge in [-0.1, -0.05) is 6.08 Å². The molecule has 0 N–H and O–H groups in total. The molecular formula is C7H11NO. The lowest BCUT2D eigenvalue weighted by atomic mass is 10.2. The minimum Gasteiger partial charge on any atom is -0.322 e. The van der Waals surface area contributed by atoms with Gasteiger partial charge in [0.05, 0.1) is 0 Å². The summed E-state index contributed by atoms with van der Waals surface area (Å²) in [5, 5.41) is 0. The zero-order valence-corrected chi connectivity index (χ0v) is 5.63. The molecule has 2 heteroatoms.